The van der Waals surface area contributed by atoms with Crippen LogP contribution in [0.25, 0.3) is 11.4 Å². The van der Waals surface area contributed by atoms with Gasteiger partial charge in [0.05, 0.1) is 29.4 Å². The predicted molar refractivity (Wildman–Crippen MR) is 128 cm³/mol. The lowest BCUT2D eigenvalue weighted by Gasteiger charge is -2.13. The van der Waals surface area contributed by atoms with Gasteiger partial charge in [0.1, 0.15) is 17.5 Å². The van der Waals surface area contributed by atoms with Crippen molar-refractivity contribution in [1.29, 1.82) is 0 Å². The van der Waals surface area contributed by atoms with Crippen LogP contribution in [0.3, 0.4) is 0 Å². The van der Waals surface area contributed by atoms with E-state index in [-0.39, 0.29) is 28.1 Å². The van der Waals surface area contributed by atoms with Gasteiger partial charge < -0.3 is 19.9 Å². The zero-order valence-corrected chi connectivity index (χ0v) is 20.0. The molecule has 9 nitrogen and oxygen atoms in total. The SMILES string of the molecule is Cn1cc(C(=O)Nc2cc(Cl)cc(NS(C)(=O)=O)c2)cc1-c1ncc(O[C@H]2CCNC2)cc1F. The Morgan fingerprint density at radius 2 is 2.03 bits per heavy atom. The fourth-order valence-electron chi connectivity index (χ4n) is 3.66. The van der Waals surface area contributed by atoms with E-state index < -0.39 is 21.7 Å². The van der Waals surface area contributed by atoms with Gasteiger partial charge in [-0.1, -0.05) is 11.6 Å². The van der Waals surface area contributed by atoms with Gasteiger partial charge in [0.15, 0.2) is 5.82 Å². The number of halogens is 2. The molecular weight excluding hydrogens is 485 g/mol. The van der Waals surface area contributed by atoms with Gasteiger partial charge in [-0.15, -0.1) is 0 Å². The van der Waals surface area contributed by atoms with Crippen LogP contribution in [0.4, 0.5) is 15.8 Å². The van der Waals surface area contributed by atoms with Gasteiger partial charge in [0.25, 0.3) is 5.91 Å². The minimum Gasteiger partial charge on any atom is -0.487 e. The number of ether oxygens (including phenoxy) is 1. The van der Waals surface area contributed by atoms with Crippen LogP contribution in [-0.2, 0) is 17.1 Å². The summed E-state index contributed by atoms with van der Waals surface area (Å²) in [6.07, 6.45) is 4.84. The van der Waals surface area contributed by atoms with E-state index in [1.807, 2.05) is 0 Å². The van der Waals surface area contributed by atoms with Crippen molar-refractivity contribution >= 4 is 38.9 Å². The van der Waals surface area contributed by atoms with Crippen molar-refractivity contribution in [2.75, 3.05) is 29.4 Å². The largest absolute Gasteiger partial charge is 0.487 e. The maximum Gasteiger partial charge on any atom is 0.257 e. The lowest BCUT2D eigenvalue weighted by atomic mass is 10.2. The van der Waals surface area contributed by atoms with Crippen LogP contribution >= 0.6 is 11.6 Å². The first-order valence-corrected chi connectivity index (χ1v) is 12.6. The third-order valence-electron chi connectivity index (χ3n) is 5.10. The quantitative estimate of drug-likeness (QED) is 0.452. The molecule has 1 aromatic carbocycles. The standard InChI is InChI=1S/C22H23ClFN5O4S/c1-29-12-13(22(30)27-15-6-14(23)7-16(8-15)28-34(2,31)32)5-20(29)21-19(24)9-18(11-26-21)33-17-3-4-25-10-17/h5-9,11-12,17,25,28H,3-4,10H2,1-2H3,(H,27,30)/t17-/m0/s1. The van der Waals surface area contributed by atoms with E-state index in [1.54, 1.807) is 17.8 Å². The van der Waals surface area contributed by atoms with Crippen molar-refractivity contribution in [2.45, 2.75) is 12.5 Å². The molecule has 0 aliphatic carbocycles. The lowest BCUT2D eigenvalue weighted by molar-refractivity contribution is 0.102. The minimum absolute atomic E-state index is 0.0166. The second-order valence-corrected chi connectivity index (χ2v) is 10.2. The summed E-state index contributed by atoms with van der Waals surface area (Å²) >= 11 is 6.05. The van der Waals surface area contributed by atoms with Crippen LogP contribution in [-0.4, -0.2) is 49.3 Å². The molecule has 1 aliphatic rings. The molecule has 1 aliphatic heterocycles. The highest BCUT2D eigenvalue weighted by molar-refractivity contribution is 7.92. The Balaban J connectivity index is 1.52. The van der Waals surface area contributed by atoms with Gasteiger partial charge >= 0.3 is 0 Å². The fourth-order valence-corrected chi connectivity index (χ4v) is 4.44. The molecule has 1 amide bonds. The summed E-state index contributed by atoms with van der Waals surface area (Å²) in [4.78, 5) is 17.0. The average Bonchev–Trinajstić information content (AvgIpc) is 3.36. The maximum atomic E-state index is 14.8. The van der Waals surface area contributed by atoms with Crippen molar-refractivity contribution in [2.24, 2.45) is 7.05 Å². The molecule has 0 saturated carbocycles. The van der Waals surface area contributed by atoms with Crippen molar-refractivity contribution < 1.29 is 22.3 Å². The Morgan fingerprint density at radius 1 is 1.26 bits per heavy atom. The van der Waals surface area contributed by atoms with Crippen LogP contribution < -0.4 is 20.1 Å². The highest BCUT2D eigenvalue weighted by Crippen LogP contribution is 2.27. The molecule has 0 radical (unpaired) electrons. The molecule has 1 saturated heterocycles. The summed E-state index contributed by atoms with van der Waals surface area (Å²) < 4.78 is 47.5. The molecule has 0 unspecified atom stereocenters. The number of nitrogens with zero attached hydrogens (tertiary/aromatic N) is 2. The van der Waals surface area contributed by atoms with Gasteiger partial charge in [0.2, 0.25) is 10.0 Å². The first-order valence-electron chi connectivity index (χ1n) is 10.4. The molecule has 1 fully saturated rings. The molecule has 3 N–H and O–H groups in total. The number of sulfonamides is 1. The minimum atomic E-state index is -3.52. The molecule has 2 aromatic heterocycles. The predicted octanol–water partition coefficient (Wildman–Crippen LogP) is 3.24. The van der Waals surface area contributed by atoms with Gasteiger partial charge in [-0.2, -0.15) is 0 Å². The lowest BCUT2D eigenvalue weighted by Crippen LogP contribution is -2.19. The van der Waals surface area contributed by atoms with E-state index in [9.17, 15) is 17.6 Å². The molecule has 0 spiro atoms. The third kappa shape index (κ3) is 5.85. The highest BCUT2D eigenvalue weighted by Gasteiger charge is 2.20. The second-order valence-electron chi connectivity index (χ2n) is 8.02. The van der Waals surface area contributed by atoms with Crippen LogP contribution in [0.5, 0.6) is 5.75 Å². The van der Waals surface area contributed by atoms with E-state index in [2.05, 4.69) is 20.3 Å². The molecular formula is C22H23ClFN5O4S. The number of carbonyl (C=O) groups excluding carboxylic acids is 1. The number of aromatic nitrogens is 2. The molecule has 34 heavy (non-hydrogen) atoms. The number of rotatable bonds is 7. The third-order valence-corrected chi connectivity index (χ3v) is 5.93. The number of carbonyl (C=O) groups is 1. The zero-order chi connectivity index (χ0) is 24.5. The monoisotopic (exact) mass is 507 g/mol. The Hall–Kier alpha value is -3.15. The Bertz CT molecular complexity index is 1340. The van der Waals surface area contributed by atoms with E-state index >= 15 is 0 Å². The summed E-state index contributed by atoms with van der Waals surface area (Å²) in [6.45, 7) is 1.57. The van der Waals surface area contributed by atoms with E-state index in [4.69, 9.17) is 16.3 Å². The number of pyridine rings is 1. The van der Waals surface area contributed by atoms with E-state index in [0.717, 1.165) is 19.2 Å². The van der Waals surface area contributed by atoms with Crippen molar-refractivity contribution in [3.63, 3.8) is 0 Å². The van der Waals surface area contributed by atoms with Crippen LogP contribution in [0.15, 0.2) is 42.7 Å². The van der Waals surface area contributed by atoms with Crippen molar-refractivity contribution in [3.05, 3.63) is 59.1 Å². The highest BCUT2D eigenvalue weighted by atomic mass is 35.5. The summed E-state index contributed by atoms with van der Waals surface area (Å²) in [6, 6.07) is 7.15. The topological polar surface area (TPSA) is 114 Å². The van der Waals surface area contributed by atoms with E-state index in [0.29, 0.717) is 23.7 Å². The fraction of sp³-hybridized carbons (Fsp3) is 0.273. The zero-order valence-electron chi connectivity index (χ0n) is 18.4. The Labute approximate surface area is 201 Å². The van der Waals surface area contributed by atoms with Gasteiger partial charge in [-0.05, 0) is 37.2 Å². The van der Waals surface area contributed by atoms with Crippen LogP contribution in [0.2, 0.25) is 5.02 Å². The summed E-state index contributed by atoms with van der Waals surface area (Å²) in [5, 5.41) is 6.09. The Morgan fingerprint density at radius 3 is 2.71 bits per heavy atom. The first-order chi connectivity index (χ1) is 16.1. The molecule has 12 heteroatoms. The van der Waals surface area contributed by atoms with E-state index in [1.165, 1.54) is 36.5 Å². The van der Waals surface area contributed by atoms with Gasteiger partial charge in [-0.3, -0.25) is 9.52 Å². The molecule has 4 rings (SSSR count). The molecule has 180 valence electrons. The first kappa shape index (κ1) is 24.0. The molecule has 1 atom stereocenters. The second kappa shape index (κ2) is 9.61. The summed E-state index contributed by atoms with van der Waals surface area (Å²) in [7, 11) is -1.84. The normalized spacial score (nSPS) is 15.8. The summed E-state index contributed by atoms with van der Waals surface area (Å²) in [5.74, 6) is -0.701. The summed E-state index contributed by atoms with van der Waals surface area (Å²) in [5.41, 5.74) is 1.25. The number of hydrogen-bond acceptors (Lipinski definition) is 6. The smallest absolute Gasteiger partial charge is 0.257 e. The molecule has 3 aromatic rings. The molecule has 0 bridgehead atoms. The number of nitrogens with one attached hydrogen (secondary N) is 3. The van der Waals surface area contributed by atoms with Crippen LogP contribution in [0.1, 0.15) is 16.8 Å². The van der Waals surface area contributed by atoms with Gasteiger partial charge in [0, 0.05) is 36.6 Å². The number of aryl methyl sites for hydroxylation is 1. The molecule has 3 heterocycles. The number of hydrogen-bond donors (Lipinski definition) is 3. The van der Waals surface area contributed by atoms with Crippen LogP contribution in [0, 0.1) is 5.82 Å². The Kier molecular flexibility index (Phi) is 6.78. The number of amides is 1. The number of anilines is 2. The maximum absolute atomic E-state index is 14.8. The van der Waals surface area contributed by atoms with Crippen molar-refractivity contribution in [3.8, 4) is 17.1 Å². The number of benzene rings is 1. The average molecular weight is 508 g/mol. The van der Waals surface area contributed by atoms with Gasteiger partial charge in [-0.25, -0.2) is 17.8 Å². The van der Waals surface area contributed by atoms with Crippen molar-refractivity contribution in [1.82, 2.24) is 14.9 Å².